The summed E-state index contributed by atoms with van der Waals surface area (Å²) in [7, 11) is 2.05. The van der Waals surface area contributed by atoms with E-state index in [1.165, 1.54) is 37.1 Å². The Morgan fingerprint density at radius 2 is 2.28 bits per heavy atom. The monoisotopic (exact) mass is 341 g/mol. The molecule has 3 aliphatic heterocycles. The van der Waals surface area contributed by atoms with Crippen LogP contribution in [0.25, 0.3) is 0 Å². The van der Waals surface area contributed by atoms with Gasteiger partial charge in [-0.2, -0.15) is 0 Å². The first kappa shape index (κ1) is 16.9. The number of nitrogens with one attached hydrogen (secondary N) is 2. The van der Waals surface area contributed by atoms with Crippen molar-refractivity contribution >= 4 is 0 Å². The molecule has 1 spiro atoms. The summed E-state index contributed by atoms with van der Waals surface area (Å²) in [5.41, 5.74) is 2.85. The van der Waals surface area contributed by atoms with Gasteiger partial charge in [0.25, 0.3) is 0 Å². The van der Waals surface area contributed by atoms with E-state index in [-0.39, 0.29) is 11.1 Å². The highest BCUT2D eigenvalue weighted by Crippen LogP contribution is 2.61. The van der Waals surface area contributed by atoms with Crippen LogP contribution in [0.1, 0.15) is 51.4 Å². The normalized spacial score (nSPS) is 33.3. The minimum absolute atomic E-state index is 0.136. The molecule has 1 saturated heterocycles. The molecule has 0 radical (unpaired) electrons. The number of rotatable bonds is 6. The van der Waals surface area contributed by atoms with Gasteiger partial charge in [0.05, 0.1) is 11.1 Å². The quantitative estimate of drug-likeness (QED) is 0.570. The molecule has 4 aliphatic rings. The first-order chi connectivity index (χ1) is 12.2. The van der Waals surface area contributed by atoms with Gasteiger partial charge in [0.1, 0.15) is 5.76 Å². The molecule has 25 heavy (non-hydrogen) atoms. The number of hydrogen-bond donors (Lipinski definition) is 2. The number of hydrogen-bond acceptors (Lipinski definition) is 4. The summed E-state index contributed by atoms with van der Waals surface area (Å²) in [6, 6.07) is 0. The minimum atomic E-state index is -0.260. The third-order valence-electron chi connectivity index (χ3n) is 6.37. The lowest BCUT2D eigenvalue weighted by Gasteiger charge is -2.42. The van der Waals surface area contributed by atoms with Crippen LogP contribution in [0, 0.1) is 5.41 Å². The molecule has 0 aromatic carbocycles. The van der Waals surface area contributed by atoms with E-state index in [1.54, 1.807) is 5.57 Å². The van der Waals surface area contributed by atoms with Gasteiger partial charge in [-0.3, -0.25) is 5.32 Å². The van der Waals surface area contributed by atoms with Crippen molar-refractivity contribution in [1.29, 1.82) is 0 Å². The second kappa shape index (κ2) is 6.65. The molecule has 4 nitrogen and oxygen atoms in total. The molecular formula is C21H31N3O. The Kier molecular flexibility index (Phi) is 4.50. The molecule has 3 heterocycles. The predicted octanol–water partition coefficient (Wildman–Crippen LogP) is 3.77. The average molecular weight is 341 g/mol. The van der Waals surface area contributed by atoms with Crippen molar-refractivity contribution in [3.8, 4) is 0 Å². The van der Waals surface area contributed by atoms with Crippen molar-refractivity contribution in [2.45, 2.75) is 57.1 Å². The SMILES string of the molecule is C=CCNCCC1(NC)CC23CCCCC2=CN2C=CCCC2=C3O1. The second-order valence-electron chi connectivity index (χ2n) is 7.82. The summed E-state index contributed by atoms with van der Waals surface area (Å²) in [4.78, 5) is 2.33. The van der Waals surface area contributed by atoms with E-state index >= 15 is 0 Å². The van der Waals surface area contributed by atoms with Gasteiger partial charge in [-0.15, -0.1) is 6.58 Å². The molecule has 4 rings (SSSR count). The van der Waals surface area contributed by atoms with Crippen molar-refractivity contribution in [3.63, 3.8) is 0 Å². The average Bonchev–Trinajstić information content (AvgIpc) is 2.99. The van der Waals surface area contributed by atoms with Gasteiger partial charge >= 0.3 is 0 Å². The molecule has 2 fully saturated rings. The Morgan fingerprint density at radius 1 is 1.36 bits per heavy atom. The standard InChI is InChI=1S/C21H31N3O/c1-3-12-23-13-11-21(22-2)16-20-10-6-4-8-17(20)15-24-14-7-5-9-18(24)19(20)25-21/h3,7,14-15,22-23H,1,4-6,8-13,16H2,2H3. The Bertz CT molecular complexity index is 635. The van der Waals surface area contributed by atoms with Crippen LogP contribution >= 0.6 is 0 Å². The van der Waals surface area contributed by atoms with Gasteiger partial charge in [0.15, 0.2) is 5.72 Å². The molecule has 0 amide bonds. The smallest absolute Gasteiger partial charge is 0.162 e. The van der Waals surface area contributed by atoms with Crippen molar-refractivity contribution in [2.75, 3.05) is 20.1 Å². The lowest BCUT2D eigenvalue weighted by atomic mass is 9.65. The molecule has 2 unspecified atom stereocenters. The predicted molar refractivity (Wildman–Crippen MR) is 101 cm³/mol. The van der Waals surface area contributed by atoms with Crippen LogP contribution in [0.2, 0.25) is 0 Å². The summed E-state index contributed by atoms with van der Waals surface area (Å²) >= 11 is 0. The molecule has 2 atom stereocenters. The van der Waals surface area contributed by atoms with Gasteiger partial charge in [-0.1, -0.05) is 18.6 Å². The highest BCUT2D eigenvalue weighted by molar-refractivity contribution is 5.41. The van der Waals surface area contributed by atoms with Crippen LogP contribution in [0.15, 0.2) is 48.2 Å². The highest BCUT2D eigenvalue weighted by atomic mass is 16.5. The van der Waals surface area contributed by atoms with Gasteiger partial charge in [0.2, 0.25) is 0 Å². The van der Waals surface area contributed by atoms with E-state index in [1.807, 2.05) is 6.08 Å². The largest absolute Gasteiger partial charge is 0.474 e. The summed E-state index contributed by atoms with van der Waals surface area (Å²) in [5, 5.41) is 6.99. The molecule has 1 aliphatic carbocycles. The maximum atomic E-state index is 6.80. The van der Waals surface area contributed by atoms with Crippen LogP contribution in [0.5, 0.6) is 0 Å². The molecular weight excluding hydrogens is 310 g/mol. The van der Waals surface area contributed by atoms with Gasteiger partial charge in [0, 0.05) is 38.3 Å². The maximum Gasteiger partial charge on any atom is 0.162 e. The summed E-state index contributed by atoms with van der Waals surface area (Å²) in [6.45, 7) is 5.58. The van der Waals surface area contributed by atoms with Gasteiger partial charge < -0.3 is 15.0 Å². The summed E-state index contributed by atoms with van der Waals surface area (Å²) in [6.07, 6.45) is 18.1. The molecule has 1 saturated carbocycles. The molecule has 0 aromatic rings. The molecule has 136 valence electrons. The highest BCUT2D eigenvalue weighted by Gasteiger charge is 2.57. The minimum Gasteiger partial charge on any atom is -0.474 e. The fraction of sp³-hybridized carbons (Fsp3) is 0.619. The van der Waals surface area contributed by atoms with E-state index < -0.39 is 0 Å². The zero-order valence-electron chi connectivity index (χ0n) is 15.4. The Hall–Kier alpha value is -1.52. The third-order valence-corrected chi connectivity index (χ3v) is 6.37. The van der Waals surface area contributed by atoms with Crippen molar-refractivity contribution in [3.05, 3.63) is 48.2 Å². The topological polar surface area (TPSA) is 36.5 Å². The first-order valence-electron chi connectivity index (χ1n) is 9.82. The van der Waals surface area contributed by atoms with E-state index in [2.05, 4.69) is 47.6 Å². The van der Waals surface area contributed by atoms with Crippen LogP contribution < -0.4 is 10.6 Å². The molecule has 2 N–H and O–H groups in total. The first-order valence-corrected chi connectivity index (χ1v) is 9.82. The third kappa shape index (κ3) is 2.76. The Balaban J connectivity index is 1.67. The Labute approximate surface area is 151 Å². The van der Waals surface area contributed by atoms with Crippen LogP contribution in [-0.2, 0) is 4.74 Å². The van der Waals surface area contributed by atoms with E-state index in [4.69, 9.17) is 4.74 Å². The van der Waals surface area contributed by atoms with Crippen LogP contribution in [-0.4, -0.2) is 30.8 Å². The molecule has 4 heteroatoms. The van der Waals surface area contributed by atoms with E-state index in [0.29, 0.717) is 0 Å². The number of fused-ring (bicyclic) bond motifs is 1. The maximum absolute atomic E-state index is 6.80. The van der Waals surface area contributed by atoms with Crippen molar-refractivity contribution in [2.24, 2.45) is 5.41 Å². The van der Waals surface area contributed by atoms with E-state index in [9.17, 15) is 0 Å². The molecule has 0 aromatic heterocycles. The fourth-order valence-electron chi connectivity index (χ4n) is 5.07. The van der Waals surface area contributed by atoms with Crippen LogP contribution in [0.4, 0.5) is 0 Å². The summed E-state index contributed by atoms with van der Waals surface area (Å²) in [5.74, 6) is 1.27. The van der Waals surface area contributed by atoms with Gasteiger partial charge in [-0.05, 0) is 44.7 Å². The zero-order chi connectivity index (χ0) is 17.3. The van der Waals surface area contributed by atoms with Gasteiger partial charge in [-0.25, -0.2) is 0 Å². The summed E-state index contributed by atoms with van der Waals surface area (Å²) < 4.78 is 6.80. The Morgan fingerprint density at radius 3 is 3.12 bits per heavy atom. The lowest BCUT2D eigenvalue weighted by molar-refractivity contribution is 0.00373. The van der Waals surface area contributed by atoms with Crippen molar-refractivity contribution < 1.29 is 4.74 Å². The fourth-order valence-corrected chi connectivity index (χ4v) is 5.07. The molecule has 0 bridgehead atoms. The number of ether oxygens (including phenoxy) is 1. The second-order valence-corrected chi connectivity index (χ2v) is 7.82. The van der Waals surface area contributed by atoms with E-state index in [0.717, 1.165) is 38.8 Å². The van der Waals surface area contributed by atoms with Crippen LogP contribution in [0.3, 0.4) is 0 Å². The zero-order valence-corrected chi connectivity index (χ0v) is 15.4. The van der Waals surface area contributed by atoms with Crippen molar-refractivity contribution in [1.82, 2.24) is 15.5 Å². The number of nitrogens with zero attached hydrogens (tertiary/aromatic N) is 1. The lowest BCUT2D eigenvalue weighted by Crippen LogP contribution is -2.45. The number of allylic oxidation sites excluding steroid dienone is 3.